The minimum absolute atomic E-state index is 0.0558. The molecule has 0 fully saturated rings. The number of anilines is 1. The molecule has 0 spiro atoms. The van der Waals surface area contributed by atoms with Gasteiger partial charge in [-0.05, 0) is 82.3 Å². The van der Waals surface area contributed by atoms with Crippen LogP contribution in [0.2, 0.25) is 0 Å². The highest BCUT2D eigenvalue weighted by Gasteiger charge is 2.24. The molecule has 0 saturated heterocycles. The first-order chi connectivity index (χ1) is 22.5. The first kappa shape index (κ1) is 33.2. The van der Waals surface area contributed by atoms with Crippen molar-refractivity contribution in [3.8, 4) is 22.6 Å². The summed E-state index contributed by atoms with van der Waals surface area (Å²) in [4.78, 5) is 38.7. The van der Waals surface area contributed by atoms with E-state index in [0.717, 1.165) is 33.8 Å². The van der Waals surface area contributed by atoms with Gasteiger partial charge in [0.1, 0.15) is 17.5 Å². The normalized spacial score (nSPS) is 11.7. The van der Waals surface area contributed by atoms with E-state index >= 15 is 0 Å². The third kappa shape index (κ3) is 8.74. The predicted octanol–water partition coefficient (Wildman–Crippen LogP) is 8.88. The van der Waals surface area contributed by atoms with Crippen molar-refractivity contribution in [2.24, 2.45) is 0 Å². The number of para-hydroxylation sites is 1. The van der Waals surface area contributed by atoms with Crippen molar-refractivity contribution in [3.63, 3.8) is 0 Å². The highest BCUT2D eigenvalue weighted by molar-refractivity contribution is 9.10. The number of rotatable bonds is 10. The number of halogens is 1. The molecule has 0 heterocycles. The lowest BCUT2D eigenvalue weighted by Crippen LogP contribution is -2.42. The van der Waals surface area contributed by atoms with Gasteiger partial charge in [-0.25, -0.2) is 4.79 Å². The number of benzene rings is 5. The summed E-state index contributed by atoms with van der Waals surface area (Å²) in [6.45, 7) is 6.28. The van der Waals surface area contributed by atoms with Crippen molar-refractivity contribution in [1.82, 2.24) is 5.32 Å². The topological polar surface area (TPSA) is 105 Å². The van der Waals surface area contributed by atoms with Gasteiger partial charge in [0.15, 0.2) is 0 Å². The van der Waals surface area contributed by atoms with E-state index in [0.29, 0.717) is 10.0 Å². The fraction of sp³-hybridized carbons (Fsp3) is 0.154. The van der Waals surface area contributed by atoms with Crippen LogP contribution in [0, 0.1) is 0 Å². The number of ether oxygens (including phenoxy) is 1. The first-order valence-electron chi connectivity index (χ1n) is 15.1. The zero-order valence-corrected chi connectivity index (χ0v) is 27.9. The Balaban J connectivity index is 1.25. The third-order valence-electron chi connectivity index (χ3n) is 7.65. The second kappa shape index (κ2) is 14.5. The highest BCUT2D eigenvalue weighted by atomic mass is 79.9. The van der Waals surface area contributed by atoms with E-state index in [4.69, 9.17) is 4.74 Å². The minimum atomic E-state index is -1.20. The molecule has 0 aromatic heterocycles. The molecule has 2 amide bonds. The molecule has 238 valence electrons. The van der Waals surface area contributed by atoms with E-state index in [2.05, 4.69) is 47.3 Å². The fourth-order valence-corrected chi connectivity index (χ4v) is 5.34. The minimum Gasteiger partial charge on any atom is -0.480 e. The van der Waals surface area contributed by atoms with Gasteiger partial charge in [-0.3, -0.25) is 9.59 Å². The maximum Gasteiger partial charge on any atom is 0.326 e. The summed E-state index contributed by atoms with van der Waals surface area (Å²) in [6, 6.07) is 35.8. The van der Waals surface area contributed by atoms with E-state index < -0.39 is 17.9 Å². The monoisotopic (exact) mass is 690 g/mol. The van der Waals surface area contributed by atoms with Crippen molar-refractivity contribution >= 4 is 39.4 Å². The summed E-state index contributed by atoms with van der Waals surface area (Å²) < 4.78 is 6.48. The Kier molecular flexibility index (Phi) is 10.2. The molecule has 0 bridgehead atoms. The van der Waals surface area contributed by atoms with Gasteiger partial charge in [-0.15, -0.1) is 0 Å². The average molecular weight is 692 g/mol. The molecule has 0 aliphatic carbocycles. The standard InChI is InChI=1S/C39H35BrN2O5/c1-39(2,3)29-17-13-28(14-18-29)36(43)41-34-22-19-30(40)24-33(34)37(44)42-35(38(45)46)23-25-9-11-26(12-10-25)27-15-20-32(21-16-27)47-31-7-5-4-6-8-31/h4-22,24,35H,23H2,1-3H3,(H,41,43)(H,42,44)(H,45,46)/t35-/m0/s1. The van der Waals surface area contributed by atoms with Gasteiger partial charge in [0.05, 0.1) is 11.3 Å². The van der Waals surface area contributed by atoms with Crippen LogP contribution in [0.4, 0.5) is 5.69 Å². The number of carboxylic acids is 1. The van der Waals surface area contributed by atoms with Crippen molar-refractivity contribution in [1.29, 1.82) is 0 Å². The van der Waals surface area contributed by atoms with Crippen LogP contribution >= 0.6 is 15.9 Å². The van der Waals surface area contributed by atoms with E-state index in [1.54, 1.807) is 30.3 Å². The Morgan fingerprint density at radius 3 is 1.94 bits per heavy atom. The van der Waals surface area contributed by atoms with Gasteiger partial charge in [0.2, 0.25) is 0 Å². The number of nitrogens with one attached hydrogen (secondary N) is 2. The summed E-state index contributed by atoms with van der Waals surface area (Å²) in [7, 11) is 0. The van der Waals surface area contributed by atoms with Crippen LogP contribution in [0.5, 0.6) is 11.5 Å². The van der Waals surface area contributed by atoms with Crippen molar-refractivity contribution in [2.45, 2.75) is 38.6 Å². The molecular formula is C39H35BrN2O5. The van der Waals surface area contributed by atoms with Crippen LogP contribution in [0.15, 0.2) is 126 Å². The molecule has 8 heteroatoms. The third-order valence-corrected chi connectivity index (χ3v) is 8.14. The molecule has 5 rings (SSSR count). The number of hydrogen-bond donors (Lipinski definition) is 3. The fourth-order valence-electron chi connectivity index (χ4n) is 4.97. The van der Waals surface area contributed by atoms with Crippen LogP contribution < -0.4 is 15.4 Å². The Morgan fingerprint density at radius 2 is 1.34 bits per heavy atom. The number of amides is 2. The number of carbonyl (C=O) groups is 3. The zero-order chi connectivity index (χ0) is 33.6. The molecule has 0 radical (unpaired) electrons. The average Bonchev–Trinajstić information content (AvgIpc) is 3.06. The molecule has 3 N–H and O–H groups in total. The molecule has 5 aromatic rings. The quantitative estimate of drug-likeness (QED) is 0.136. The van der Waals surface area contributed by atoms with E-state index in [1.807, 2.05) is 91.0 Å². The summed E-state index contributed by atoms with van der Waals surface area (Å²) in [5.74, 6) is -0.690. The van der Waals surface area contributed by atoms with Gasteiger partial charge < -0.3 is 20.5 Å². The smallest absolute Gasteiger partial charge is 0.326 e. The SMILES string of the molecule is CC(C)(C)c1ccc(C(=O)Nc2ccc(Br)cc2C(=O)N[C@@H](Cc2ccc(-c3ccc(Oc4ccccc4)cc3)cc2)C(=O)O)cc1. The molecule has 0 aliphatic heterocycles. The van der Waals surface area contributed by atoms with Gasteiger partial charge >= 0.3 is 5.97 Å². The Hall–Kier alpha value is -5.21. The van der Waals surface area contributed by atoms with Gasteiger partial charge in [-0.1, -0.05) is 103 Å². The molecule has 7 nitrogen and oxygen atoms in total. The van der Waals surface area contributed by atoms with Crippen molar-refractivity contribution < 1.29 is 24.2 Å². The van der Waals surface area contributed by atoms with Crippen LogP contribution in [0.1, 0.15) is 52.6 Å². The number of carboxylic acid groups (broad SMARTS) is 1. The summed E-state index contributed by atoms with van der Waals surface area (Å²) >= 11 is 3.38. The van der Waals surface area contributed by atoms with E-state index in [-0.39, 0.29) is 29.0 Å². The molecule has 5 aromatic carbocycles. The second-order valence-electron chi connectivity index (χ2n) is 12.2. The summed E-state index contributed by atoms with van der Waals surface area (Å²) in [6.07, 6.45) is 0.0705. The lowest BCUT2D eigenvalue weighted by atomic mass is 9.86. The van der Waals surface area contributed by atoms with Gasteiger partial charge in [0, 0.05) is 16.5 Å². The van der Waals surface area contributed by atoms with Crippen LogP contribution in [-0.2, 0) is 16.6 Å². The van der Waals surface area contributed by atoms with Crippen LogP contribution in [-0.4, -0.2) is 28.9 Å². The van der Waals surface area contributed by atoms with E-state index in [1.165, 1.54) is 0 Å². The summed E-state index contributed by atoms with van der Waals surface area (Å²) in [5, 5.41) is 15.4. The molecule has 0 saturated carbocycles. The maximum atomic E-state index is 13.4. The van der Waals surface area contributed by atoms with Crippen LogP contribution in [0.25, 0.3) is 11.1 Å². The van der Waals surface area contributed by atoms with E-state index in [9.17, 15) is 19.5 Å². The summed E-state index contributed by atoms with van der Waals surface area (Å²) in [5.41, 5.74) is 4.56. The number of aliphatic carboxylic acids is 1. The lowest BCUT2D eigenvalue weighted by Gasteiger charge is -2.19. The Morgan fingerprint density at radius 1 is 0.745 bits per heavy atom. The number of carbonyl (C=O) groups excluding carboxylic acids is 2. The molecule has 47 heavy (non-hydrogen) atoms. The Labute approximate surface area is 282 Å². The maximum absolute atomic E-state index is 13.4. The Bertz CT molecular complexity index is 1870. The zero-order valence-electron chi connectivity index (χ0n) is 26.3. The van der Waals surface area contributed by atoms with Crippen LogP contribution in [0.3, 0.4) is 0 Å². The first-order valence-corrected chi connectivity index (χ1v) is 15.9. The van der Waals surface area contributed by atoms with Gasteiger partial charge in [-0.2, -0.15) is 0 Å². The van der Waals surface area contributed by atoms with Crippen molar-refractivity contribution in [3.05, 3.63) is 148 Å². The van der Waals surface area contributed by atoms with Gasteiger partial charge in [0.25, 0.3) is 11.8 Å². The largest absolute Gasteiger partial charge is 0.480 e. The molecule has 0 aliphatic rings. The molecule has 0 unspecified atom stereocenters. The number of hydrogen-bond acceptors (Lipinski definition) is 4. The molecule has 1 atom stereocenters. The molecular weight excluding hydrogens is 656 g/mol. The lowest BCUT2D eigenvalue weighted by molar-refractivity contribution is -0.139. The highest BCUT2D eigenvalue weighted by Crippen LogP contribution is 2.27. The second-order valence-corrected chi connectivity index (χ2v) is 13.1. The van der Waals surface area contributed by atoms with Crippen molar-refractivity contribution in [2.75, 3.05) is 5.32 Å². The predicted molar refractivity (Wildman–Crippen MR) is 188 cm³/mol.